The molecule has 20 heavy (non-hydrogen) atoms. The number of aliphatic hydroxyl groups excluding tert-OH is 1. The van der Waals surface area contributed by atoms with Gasteiger partial charge in [0.1, 0.15) is 5.69 Å². The van der Waals surface area contributed by atoms with Crippen molar-refractivity contribution in [1.29, 1.82) is 0 Å². The first-order chi connectivity index (χ1) is 9.70. The lowest BCUT2D eigenvalue weighted by atomic mass is 10.2. The van der Waals surface area contributed by atoms with Gasteiger partial charge in [-0.3, -0.25) is 0 Å². The van der Waals surface area contributed by atoms with Crippen molar-refractivity contribution in [2.45, 2.75) is 6.54 Å². The Morgan fingerprint density at radius 2 is 1.95 bits per heavy atom. The standard InChI is InChI=1S/C15H16N2O3/c18-9-8-17(11-12-4-2-1-3-5-12)13-6-7-16-14(10-13)15(19)20/h1-7,10,18H,8-9,11H2,(H,19,20). The topological polar surface area (TPSA) is 73.7 Å². The van der Waals surface area contributed by atoms with Crippen LogP contribution < -0.4 is 4.90 Å². The summed E-state index contributed by atoms with van der Waals surface area (Å²) in [4.78, 5) is 16.7. The molecule has 1 aromatic heterocycles. The third-order valence-electron chi connectivity index (χ3n) is 2.91. The number of rotatable bonds is 6. The molecular formula is C15H16N2O3. The van der Waals surface area contributed by atoms with Crippen molar-refractivity contribution in [1.82, 2.24) is 4.98 Å². The highest BCUT2D eigenvalue weighted by Crippen LogP contribution is 2.17. The van der Waals surface area contributed by atoms with Crippen LogP contribution in [-0.2, 0) is 6.54 Å². The fourth-order valence-electron chi connectivity index (χ4n) is 1.96. The molecule has 1 aromatic carbocycles. The van der Waals surface area contributed by atoms with Crippen LogP contribution in [0.4, 0.5) is 5.69 Å². The first-order valence-corrected chi connectivity index (χ1v) is 6.30. The van der Waals surface area contributed by atoms with Gasteiger partial charge in [-0.15, -0.1) is 0 Å². The molecule has 0 bridgehead atoms. The summed E-state index contributed by atoms with van der Waals surface area (Å²) in [5.74, 6) is -1.06. The number of aromatic nitrogens is 1. The molecule has 0 fully saturated rings. The molecule has 0 radical (unpaired) electrons. The zero-order valence-electron chi connectivity index (χ0n) is 10.9. The third kappa shape index (κ3) is 3.55. The van der Waals surface area contributed by atoms with Gasteiger partial charge in [0.05, 0.1) is 6.61 Å². The average Bonchev–Trinajstić information content (AvgIpc) is 2.48. The highest BCUT2D eigenvalue weighted by Gasteiger charge is 2.11. The van der Waals surface area contributed by atoms with Gasteiger partial charge in [-0.2, -0.15) is 0 Å². The van der Waals surface area contributed by atoms with Crippen LogP contribution in [0.2, 0.25) is 0 Å². The smallest absolute Gasteiger partial charge is 0.354 e. The van der Waals surface area contributed by atoms with Crippen LogP contribution >= 0.6 is 0 Å². The zero-order valence-corrected chi connectivity index (χ0v) is 10.9. The Kier molecular flexibility index (Phi) is 4.68. The molecule has 2 aromatic rings. The lowest BCUT2D eigenvalue weighted by Crippen LogP contribution is -2.26. The number of anilines is 1. The minimum atomic E-state index is -1.06. The molecule has 2 N–H and O–H groups in total. The average molecular weight is 272 g/mol. The molecule has 5 nitrogen and oxygen atoms in total. The van der Waals surface area contributed by atoms with Crippen molar-refractivity contribution in [3.05, 3.63) is 59.9 Å². The summed E-state index contributed by atoms with van der Waals surface area (Å²) in [5.41, 5.74) is 1.82. The lowest BCUT2D eigenvalue weighted by Gasteiger charge is -2.24. The fraction of sp³-hybridized carbons (Fsp3) is 0.200. The number of aliphatic hydroxyl groups is 1. The number of pyridine rings is 1. The fourth-order valence-corrected chi connectivity index (χ4v) is 1.96. The Bertz CT molecular complexity index is 572. The molecule has 0 aliphatic rings. The van der Waals surface area contributed by atoms with Crippen molar-refractivity contribution in [3.63, 3.8) is 0 Å². The number of aromatic carboxylic acids is 1. The van der Waals surface area contributed by atoms with Crippen molar-refractivity contribution in [3.8, 4) is 0 Å². The molecule has 0 atom stereocenters. The molecule has 0 spiro atoms. The van der Waals surface area contributed by atoms with Gasteiger partial charge in [0.2, 0.25) is 0 Å². The van der Waals surface area contributed by atoms with Crippen molar-refractivity contribution in [2.75, 3.05) is 18.1 Å². The van der Waals surface area contributed by atoms with Crippen molar-refractivity contribution in [2.24, 2.45) is 0 Å². The normalized spacial score (nSPS) is 10.2. The molecule has 104 valence electrons. The van der Waals surface area contributed by atoms with Crippen LogP contribution in [0.3, 0.4) is 0 Å². The second-order valence-corrected chi connectivity index (χ2v) is 4.34. The van der Waals surface area contributed by atoms with Gasteiger partial charge < -0.3 is 15.1 Å². The van der Waals surface area contributed by atoms with Gasteiger partial charge in [0.25, 0.3) is 0 Å². The lowest BCUT2D eigenvalue weighted by molar-refractivity contribution is 0.0690. The quantitative estimate of drug-likeness (QED) is 0.838. The highest BCUT2D eigenvalue weighted by atomic mass is 16.4. The van der Waals surface area contributed by atoms with Crippen LogP contribution in [0, 0.1) is 0 Å². The van der Waals surface area contributed by atoms with Crippen LogP contribution in [0.5, 0.6) is 0 Å². The second-order valence-electron chi connectivity index (χ2n) is 4.34. The van der Waals surface area contributed by atoms with Gasteiger partial charge in [-0.25, -0.2) is 9.78 Å². The molecule has 0 unspecified atom stereocenters. The summed E-state index contributed by atoms with van der Waals surface area (Å²) in [7, 11) is 0. The van der Waals surface area contributed by atoms with Gasteiger partial charge in [0.15, 0.2) is 0 Å². The largest absolute Gasteiger partial charge is 0.477 e. The number of carboxylic acid groups (broad SMARTS) is 1. The third-order valence-corrected chi connectivity index (χ3v) is 2.91. The predicted octanol–water partition coefficient (Wildman–Crippen LogP) is 1.78. The summed E-state index contributed by atoms with van der Waals surface area (Å²) in [5, 5.41) is 18.2. The number of nitrogens with zero attached hydrogens (tertiary/aromatic N) is 2. The van der Waals surface area contributed by atoms with E-state index in [1.165, 1.54) is 12.3 Å². The molecule has 0 saturated carbocycles. The van der Waals surface area contributed by atoms with E-state index in [1.54, 1.807) is 6.07 Å². The summed E-state index contributed by atoms with van der Waals surface area (Å²) < 4.78 is 0. The minimum absolute atomic E-state index is 0.00139. The highest BCUT2D eigenvalue weighted by molar-refractivity contribution is 5.86. The van der Waals surface area contributed by atoms with Gasteiger partial charge in [-0.1, -0.05) is 30.3 Å². The monoisotopic (exact) mass is 272 g/mol. The maximum atomic E-state index is 11.0. The summed E-state index contributed by atoms with van der Waals surface area (Å²) >= 11 is 0. The zero-order chi connectivity index (χ0) is 14.4. The maximum absolute atomic E-state index is 11.0. The number of hydrogen-bond donors (Lipinski definition) is 2. The molecule has 0 aliphatic carbocycles. The Morgan fingerprint density at radius 1 is 1.20 bits per heavy atom. The van der Waals surface area contributed by atoms with Gasteiger partial charge in [0, 0.05) is 25.0 Å². The Balaban J connectivity index is 2.24. The molecule has 0 saturated heterocycles. The first-order valence-electron chi connectivity index (χ1n) is 6.30. The van der Waals surface area contributed by atoms with E-state index in [0.29, 0.717) is 13.1 Å². The Labute approximate surface area is 117 Å². The number of hydrogen-bond acceptors (Lipinski definition) is 4. The summed E-state index contributed by atoms with van der Waals surface area (Å²) in [6, 6.07) is 13.1. The SMILES string of the molecule is O=C(O)c1cc(N(CCO)Cc2ccccc2)ccn1. The summed E-state index contributed by atoms with van der Waals surface area (Å²) in [6.45, 7) is 1.03. The van der Waals surface area contributed by atoms with E-state index < -0.39 is 5.97 Å². The van der Waals surface area contributed by atoms with Crippen LogP contribution in [-0.4, -0.2) is 34.3 Å². The maximum Gasteiger partial charge on any atom is 0.354 e. The molecular weight excluding hydrogens is 256 g/mol. The summed E-state index contributed by atoms with van der Waals surface area (Å²) in [6.07, 6.45) is 1.47. The first kappa shape index (κ1) is 14.0. The van der Waals surface area contributed by atoms with Gasteiger partial charge in [-0.05, 0) is 17.7 Å². The molecule has 5 heteroatoms. The second kappa shape index (κ2) is 6.68. The molecule has 2 rings (SSSR count). The Hall–Kier alpha value is -2.40. The van der Waals surface area contributed by atoms with E-state index in [0.717, 1.165) is 11.3 Å². The van der Waals surface area contributed by atoms with Crippen LogP contribution in [0.1, 0.15) is 16.1 Å². The van der Waals surface area contributed by atoms with E-state index in [1.807, 2.05) is 35.2 Å². The van der Waals surface area contributed by atoms with E-state index in [2.05, 4.69) is 4.98 Å². The van der Waals surface area contributed by atoms with Crippen LogP contribution in [0.25, 0.3) is 0 Å². The van der Waals surface area contributed by atoms with Gasteiger partial charge >= 0.3 is 5.97 Å². The molecule has 0 amide bonds. The van der Waals surface area contributed by atoms with E-state index >= 15 is 0 Å². The molecule has 0 aliphatic heterocycles. The minimum Gasteiger partial charge on any atom is -0.477 e. The number of carboxylic acids is 1. The number of benzene rings is 1. The van der Waals surface area contributed by atoms with E-state index in [-0.39, 0.29) is 12.3 Å². The van der Waals surface area contributed by atoms with Crippen molar-refractivity contribution >= 4 is 11.7 Å². The Morgan fingerprint density at radius 3 is 2.60 bits per heavy atom. The van der Waals surface area contributed by atoms with E-state index in [9.17, 15) is 9.90 Å². The molecule has 1 heterocycles. The predicted molar refractivity (Wildman–Crippen MR) is 75.8 cm³/mol. The number of carbonyl (C=O) groups is 1. The van der Waals surface area contributed by atoms with Crippen molar-refractivity contribution < 1.29 is 15.0 Å². The van der Waals surface area contributed by atoms with E-state index in [4.69, 9.17) is 5.11 Å². The van der Waals surface area contributed by atoms with Crippen LogP contribution in [0.15, 0.2) is 48.7 Å².